The first kappa shape index (κ1) is 13.9. The number of ether oxygens (including phenoxy) is 3. The summed E-state index contributed by atoms with van der Waals surface area (Å²) in [6.45, 7) is 3.47. The molecule has 1 aliphatic rings. The lowest BCUT2D eigenvalue weighted by Crippen LogP contribution is -2.09. The average molecular weight is 264 g/mol. The Balaban J connectivity index is 1.66. The van der Waals surface area contributed by atoms with Crippen LogP contribution < -0.4 is 4.74 Å². The smallest absolute Gasteiger partial charge is 0.309 e. The van der Waals surface area contributed by atoms with Gasteiger partial charge in [-0.15, -0.1) is 0 Å². The van der Waals surface area contributed by atoms with E-state index in [1.165, 1.54) is 0 Å². The summed E-state index contributed by atoms with van der Waals surface area (Å²) in [4.78, 5) is 11.4. The van der Waals surface area contributed by atoms with Crippen molar-refractivity contribution < 1.29 is 19.0 Å². The number of carbonyl (C=O) groups is 1. The molecule has 0 bridgehead atoms. The Kier molecular flexibility index (Phi) is 4.80. The molecule has 1 fully saturated rings. The van der Waals surface area contributed by atoms with Gasteiger partial charge in [0.15, 0.2) is 0 Å². The van der Waals surface area contributed by atoms with Crippen LogP contribution >= 0.6 is 0 Å². The molecule has 0 amide bonds. The summed E-state index contributed by atoms with van der Waals surface area (Å²) in [5, 5.41) is 0. The third-order valence-electron chi connectivity index (χ3n) is 3.27. The number of carbonyl (C=O) groups excluding carboxylic acids is 1. The molecule has 0 N–H and O–H groups in total. The maximum absolute atomic E-state index is 11.4. The number of hydrogen-bond acceptors (Lipinski definition) is 4. The van der Waals surface area contributed by atoms with Crippen molar-refractivity contribution in [3.63, 3.8) is 0 Å². The topological polar surface area (TPSA) is 44.8 Å². The van der Waals surface area contributed by atoms with E-state index in [1.807, 2.05) is 31.2 Å². The van der Waals surface area contributed by atoms with E-state index in [-0.39, 0.29) is 11.9 Å². The molecule has 0 aromatic heterocycles. The van der Waals surface area contributed by atoms with Gasteiger partial charge < -0.3 is 14.2 Å². The normalized spacial score (nSPS) is 20.9. The lowest BCUT2D eigenvalue weighted by Gasteiger charge is -2.05. The Morgan fingerprint density at radius 1 is 1.32 bits per heavy atom. The highest BCUT2D eigenvalue weighted by molar-refractivity contribution is 5.75. The third-order valence-corrected chi connectivity index (χ3v) is 3.27. The Bertz CT molecular complexity index is 413. The van der Waals surface area contributed by atoms with E-state index >= 15 is 0 Å². The van der Waals surface area contributed by atoms with Crippen molar-refractivity contribution in [1.29, 1.82) is 0 Å². The van der Waals surface area contributed by atoms with Gasteiger partial charge in [-0.25, -0.2) is 0 Å². The van der Waals surface area contributed by atoms with E-state index < -0.39 is 0 Å². The molecule has 104 valence electrons. The molecule has 0 heterocycles. The highest BCUT2D eigenvalue weighted by Gasteiger charge is 2.44. The molecule has 1 saturated carbocycles. The number of rotatable bonds is 7. The predicted octanol–water partition coefficient (Wildman–Crippen LogP) is 2.41. The van der Waals surface area contributed by atoms with Gasteiger partial charge in [0.05, 0.1) is 32.8 Å². The van der Waals surface area contributed by atoms with Crippen molar-refractivity contribution in [2.24, 2.45) is 11.8 Å². The maximum atomic E-state index is 11.4. The minimum atomic E-state index is -0.0828. The average Bonchev–Trinajstić information content (AvgIpc) is 3.19. The molecular formula is C15H20O4. The van der Waals surface area contributed by atoms with Crippen molar-refractivity contribution >= 4 is 5.97 Å². The molecule has 1 aromatic carbocycles. The van der Waals surface area contributed by atoms with Crippen LogP contribution in [0.2, 0.25) is 0 Å². The third kappa shape index (κ3) is 3.96. The van der Waals surface area contributed by atoms with Gasteiger partial charge in [-0.1, -0.05) is 12.1 Å². The number of methoxy groups -OCH3 is 1. The minimum Gasteiger partial charge on any atom is -0.497 e. The van der Waals surface area contributed by atoms with Crippen LogP contribution in [0, 0.1) is 11.8 Å². The molecule has 4 nitrogen and oxygen atoms in total. The van der Waals surface area contributed by atoms with Gasteiger partial charge in [0.25, 0.3) is 0 Å². The van der Waals surface area contributed by atoms with E-state index in [9.17, 15) is 4.79 Å². The molecule has 2 rings (SSSR count). The zero-order valence-electron chi connectivity index (χ0n) is 11.4. The summed E-state index contributed by atoms with van der Waals surface area (Å²) in [6, 6.07) is 7.79. The summed E-state index contributed by atoms with van der Waals surface area (Å²) in [6.07, 6.45) is 0.890. The van der Waals surface area contributed by atoms with Crippen LogP contribution in [0.5, 0.6) is 5.75 Å². The summed E-state index contributed by atoms with van der Waals surface area (Å²) < 4.78 is 15.7. The molecule has 1 aromatic rings. The predicted molar refractivity (Wildman–Crippen MR) is 70.9 cm³/mol. The second-order valence-corrected chi connectivity index (χ2v) is 4.72. The molecule has 0 aliphatic heterocycles. The van der Waals surface area contributed by atoms with Crippen LogP contribution in [0.15, 0.2) is 24.3 Å². The Morgan fingerprint density at radius 3 is 2.68 bits per heavy atom. The maximum Gasteiger partial charge on any atom is 0.309 e. The largest absolute Gasteiger partial charge is 0.497 e. The van der Waals surface area contributed by atoms with Crippen LogP contribution in [0.3, 0.4) is 0 Å². The molecule has 2 unspecified atom stereocenters. The van der Waals surface area contributed by atoms with Gasteiger partial charge in [0.2, 0.25) is 0 Å². The van der Waals surface area contributed by atoms with Gasteiger partial charge in [-0.05, 0) is 37.0 Å². The number of hydrogen-bond donors (Lipinski definition) is 0. The second kappa shape index (κ2) is 6.57. The van der Waals surface area contributed by atoms with Crippen LogP contribution in [0.25, 0.3) is 0 Å². The molecule has 0 saturated heterocycles. The highest BCUT2D eigenvalue weighted by Crippen LogP contribution is 2.39. The standard InChI is InChI=1S/C15H20O4/c1-3-19-15(16)14-8-12(14)10-18-9-11-4-6-13(17-2)7-5-11/h4-7,12,14H,3,8-10H2,1-2H3. The quantitative estimate of drug-likeness (QED) is 0.709. The fraction of sp³-hybridized carbons (Fsp3) is 0.533. The number of benzene rings is 1. The van der Waals surface area contributed by atoms with Crippen molar-refractivity contribution in [2.45, 2.75) is 20.0 Å². The lowest BCUT2D eigenvalue weighted by atomic mass is 10.2. The van der Waals surface area contributed by atoms with Crippen LogP contribution in [0.1, 0.15) is 18.9 Å². The van der Waals surface area contributed by atoms with E-state index in [0.29, 0.717) is 25.7 Å². The van der Waals surface area contributed by atoms with E-state index in [1.54, 1.807) is 7.11 Å². The van der Waals surface area contributed by atoms with Crippen LogP contribution in [0.4, 0.5) is 0 Å². The Labute approximate surface area is 113 Å². The van der Waals surface area contributed by atoms with E-state index in [2.05, 4.69) is 0 Å². The van der Waals surface area contributed by atoms with Crippen molar-refractivity contribution in [1.82, 2.24) is 0 Å². The second-order valence-electron chi connectivity index (χ2n) is 4.72. The zero-order chi connectivity index (χ0) is 13.7. The van der Waals surface area contributed by atoms with Crippen LogP contribution in [-0.4, -0.2) is 26.3 Å². The van der Waals surface area contributed by atoms with Crippen LogP contribution in [-0.2, 0) is 20.9 Å². The van der Waals surface area contributed by atoms with Gasteiger partial charge >= 0.3 is 5.97 Å². The first-order valence-corrected chi connectivity index (χ1v) is 6.62. The Hall–Kier alpha value is -1.55. The molecule has 0 radical (unpaired) electrons. The van der Waals surface area contributed by atoms with Crippen molar-refractivity contribution in [3.8, 4) is 5.75 Å². The van der Waals surface area contributed by atoms with E-state index in [0.717, 1.165) is 17.7 Å². The summed E-state index contributed by atoms with van der Waals surface area (Å²) >= 11 is 0. The number of esters is 1. The molecule has 1 aliphatic carbocycles. The highest BCUT2D eigenvalue weighted by atomic mass is 16.5. The first-order valence-electron chi connectivity index (χ1n) is 6.62. The Morgan fingerprint density at radius 2 is 2.05 bits per heavy atom. The summed E-state index contributed by atoms with van der Waals surface area (Å²) in [5.41, 5.74) is 1.11. The molecule has 2 atom stereocenters. The van der Waals surface area contributed by atoms with Gasteiger partial charge in [0, 0.05) is 0 Å². The fourth-order valence-electron chi connectivity index (χ4n) is 2.02. The lowest BCUT2D eigenvalue weighted by molar-refractivity contribution is -0.145. The zero-order valence-corrected chi connectivity index (χ0v) is 11.4. The fourth-order valence-corrected chi connectivity index (χ4v) is 2.02. The minimum absolute atomic E-state index is 0.0517. The molecule has 4 heteroatoms. The molecular weight excluding hydrogens is 244 g/mol. The van der Waals surface area contributed by atoms with Gasteiger partial charge in [0.1, 0.15) is 5.75 Å². The molecule has 19 heavy (non-hydrogen) atoms. The SMILES string of the molecule is CCOC(=O)C1CC1COCc1ccc(OC)cc1. The van der Waals surface area contributed by atoms with E-state index in [4.69, 9.17) is 14.2 Å². The van der Waals surface area contributed by atoms with Crippen molar-refractivity contribution in [2.75, 3.05) is 20.3 Å². The summed E-state index contributed by atoms with van der Waals surface area (Å²) in [7, 11) is 1.65. The first-order chi connectivity index (χ1) is 9.24. The molecule has 0 spiro atoms. The monoisotopic (exact) mass is 264 g/mol. The summed E-state index contributed by atoms with van der Waals surface area (Å²) in [5.74, 6) is 1.14. The van der Waals surface area contributed by atoms with Crippen molar-refractivity contribution in [3.05, 3.63) is 29.8 Å². The van der Waals surface area contributed by atoms with Gasteiger partial charge in [-0.3, -0.25) is 4.79 Å². The van der Waals surface area contributed by atoms with Gasteiger partial charge in [-0.2, -0.15) is 0 Å².